The number of esters is 1. The van der Waals surface area contributed by atoms with Gasteiger partial charge in [-0.25, -0.2) is 10.2 Å². The summed E-state index contributed by atoms with van der Waals surface area (Å²) in [6, 6.07) is 5.75. The molecule has 0 saturated heterocycles. The second-order valence-corrected chi connectivity index (χ2v) is 5.69. The highest BCUT2D eigenvalue weighted by molar-refractivity contribution is 5.96. The van der Waals surface area contributed by atoms with Crippen LogP contribution in [0.4, 0.5) is 5.69 Å². The molecular weight excluding hydrogens is 368 g/mol. The van der Waals surface area contributed by atoms with Crippen molar-refractivity contribution in [2.45, 2.75) is 20.8 Å². The van der Waals surface area contributed by atoms with Crippen molar-refractivity contribution in [3.05, 3.63) is 56.9 Å². The molecule has 0 saturated carbocycles. The lowest BCUT2D eigenvalue weighted by Gasteiger charge is -2.05. The van der Waals surface area contributed by atoms with Gasteiger partial charge in [0.05, 0.1) is 29.0 Å². The Morgan fingerprint density at radius 1 is 1.32 bits per heavy atom. The minimum Gasteiger partial charge on any atom is -0.477 e. The standard InChI is InChI=1S/C18H20N4O6/c1-4-27-18(24)17-11(2)13(20-12(17)3)9-19-21-16(23)10-28-15-8-6-5-7-14(15)22(25)26/h5-9,20H,4,10H2,1-3H3,(H,21,23)/b19-9+. The average molecular weight is 388 g/mol. The number of nitro benzene ring substituents is 1. The predicted molar refractivity (Wildman–Crippen MR) is 101 cm³/mol. The van der Waals surface area contributed by atoms with Crippen LogP contribution in [0.3, 0.4) is 0 Å². The first-order valence-corrected chi connectivity index (χ1v) is 8.39. The van der Waals surface area contributed by atoms with Gasteiger partial charge >= 0.3 is 11.7 Å². The summed E-state index contributed by atoms with van der Waals surface area (Å²) in [5.41, 5.74) is 4.27. The maximum Gasteiger partial charge on any atom is 0.340 e. The van der Waals surface area contributed by atoms with Crippen LogP contribution in [0.25, 0.3) is 0 Å². The van der Waals surface area contributed by atoms with Gasteiger partial charge in [0.1, 0.15) is 0 Å². The summed E-state index contributed by atoms with van der Waals surface area (Å²) in [5, 5.41) is 14.7. The van der Waals surface area contributed by atoms with Crippen LogP contribution in [0.5, 0.6) is 5.75 Å². The van der Waals surface area contributed by atoms with Gasteiger partial charge in [-0.1, -0.05) is 12.1 Å². The number of aromatic nitrogens is 1. The number of hydrogen-bond donors (Lipinski definition) is 2. The number of nitrogens with zero attached hydrogens (tertiary/aromatic N) is 2. The molecule has 0 aliphatic rings. The largest absolute Gasteiger partial charge is 0.477 e. The summed E-state index contributed by atoms with van der Waals surface area (Å²) in [7, 11) is 0. The predicted octanol–water partition coefficient (Wildman–Crippen LogP) is 2.25. The Kier molecular flexibility index (Phi) is 6.85. The number of benzene rings is 1. The van der Waals surface area contributed by atoms with Crippen molar-refractivity contribution in [3.8, 4) is 5.75 Å². The van der Waals surface area contributed by atoms with E-state index in [1.54, 1.807) is 26.8 Å². The third-order valence-electron chi connectivity index (χ3n) is 3.76. The Morgan fingerprint density at radius 2 is 2.04 bits per heavy atom. The quantitative estimate of drug-likeness (QED) is 0.308. The van der Waals surface area contributed by atoms with Gasteiger partial charge in [-0.05, 0) is 32.4 Å². The van der Waals surface area contributed by atoms with Crippen LogP contribution in [-0.2, 0) is 9.53 Å². The van der Waals surface area contributed by atoms with E-state index in [1.807, 2.05) is 0 Å². The summed E-state index contributed by atoms with van der Waals surface area (Å²) in [4.78, 5) is 37.1. The molecule has 1 aromatic heterocycles. The number of amides is 1. The zero-order chi connectivity index (χ0) is 20.7. The Bertz CT molecular complexity index is 919. The Hall–Kier alpha value is -3.69. The highest BCUT2D eigenvalue weighted by atomic mass is 16.6. The second-order valence-electron chi connectivity index (χ2n) is 5.69. The minimum atomic E-state index is -0.596. The van der Waals surface area contributed by atoms with Gasteiger partial charge < -0.3 is 14.5 Å². The number of para-hydroxylation sites is 2. The fourth-order valence-corrected chi connectivity index (χ4v) is 2.49. The van der Waals surface area contributed by atoms with Crippen molar-refractivity contribution in [1.29, 1.82) is 0 Å². The zero-order valence-electron chi connectivity index (χ0n) is 15.6. The average Bonchev–Trinajstić information content (AvgIpc) is 2.94. The van der Waals surface area contributed by atoms with Crippen molar-refractivity contribution in [3.63, 3.8) is 0 Å². The van der Waals surface area contributed by atoms with Gasteiger partial charge in [-0.3, -0.25) is 14.9 Å². The maximum atomic E-state index is 12.0. The smallest absolute Gasteiger partial charge is 0.340 e. The normalized spacial score (nSPS) is 10.7. The molecule has 1 amide bonds. The molecule has 0 spiro atoms. The van der Waals surface area contributed by atoms with E-state index in [0.717, 1.165) is 0 Å². The monoisotopic (exact) mass is 388 g/mol. The van der Waals surface area contributed by atoms with Crippen LogP contribution < -0.4 is 10.2 Å². The third kappa shape index (κ3) is 4.93. The van der Waals surface area contributed by atoms with Crippen LogP contribution in [0.15, 0.2) is 29.4 Å². The number of carbonyl (C=O) groups excluding carboxylic acids is 2. The summed E-state index contributed by atoms with van der Waals surface area (Å²) in [5.74, 6) is -1.04. The number of ether oxygens (including phenoxy) is 2. The van der Waals surface area contributed by atoms with Gasteiger partial charge in [-0.2, -0.15) is 5.10 Å². The molecular formula is C18H20N4O6. The van der Waals surface area contributed by atoms with Crippen molar-refractivity contribution >= 4 is 23.8 Å². The molecule has 2 N–H and O–H groups in total. The molecule has 0 radical (unpaired) electrons. The van der Waals surface area contributed by atoms with Crippen molar-refractivity contribution < 1.29 is 24.0 Å². The molecule has 0 fully saturated rings. The lowest BCUT2D eigenvalue weighted by molar-refractivity contribution is -0.385. The van der Waals surface area contributed by atoms with E-state index >= 15 is 0 Å². The van der Waals surface area contributed by atoms with Crippen molar-refractivity contribution in [2.75, 3.05) is 13.2 Å². The van der Waals surface area contributed by atoms with E-state index in [1.165, 1.54) is 24.4 Å². The molecule has 2 rings (SSSR count). The summed E-state index contributed by atoms with van der Waals surface area (Å²) in [6.45, 7) is 5.01. The summed E-state index contributed by atoms with van der Waals surface area (Å²) in [6.07, 6.45) is 1.36. The molecule has 0 unspecified atom stereocenters. The van der Waals surface area contributed by atoms with E-state index in [2.05, 4.69) is 15.5 Å². The molecule has 0 aliphatic carbocycles. The van der Waals surface area contributed by atoms with E-state index < -0.39 is 23.4 Å². The third-order valence-corrected chi connectivity index (χ3v) is 3.76. The van der Waals surface area contributed by atoms with E-state index in [9.17, 15) is 19.7 Å². The number of hydrazone groups is 1. The first-order valence-electron chi connectivity index (χ1n) is 8.39. The van der Waals surface area contributed by atoms with Crippen LogP contribution in [-0.4, -0.2) is 41.2 Å². The SMILES string of the molecule is CCOC(=O)c1c(C)[nH]c(/C=N/NC(=O)COc2ccccc2[N+](=O)[O-])c1C. The van der Waals surface area contributed by atoms with Gasteiger partial charge in [0, 0.05) is 11.8 Å². The number of aryl methyl sites for hydroxylation is 1. The molecule has 2 aromatic rings. The number of nitro groups is 1. The number of carbonyl (C=O) groups is 2. The molecule has 1 aromatic carbocycles. The van der Waals surface area contributed by atoms with Crippen molar-refractivity contribution in [2.24, 2.45) is 5.10 Å². The van der Waals surface area contributed by atoms with Crippen LogP contribution in [0.2, 0.25) is 0 Å². The molecule has 10 nitrogen and oxygen atoms in total. The van der Waals surface area contributed by atoms with Crippen molar-refractivity contribution in [1.82, 2.24) is 10.4 Å². The molecule has 28 heavy (non-hydrogen) atoms. The molecule has 0 atom stereocenters. The number of nitrogens with one attached hydrogen (secondary N) is 2. The van der Waals surface area contributed by atoms with Gasteiger partial charge in [0.2, 0.25) is 0 Å². The maximum absolute atomic E-state index is 12.0. The first kappa shape index (κ1) is 20.6. The Balaban J connectivity index is 1.96. The van der Waals surface area contributed by atoms with E-state index in [-0.39, 0.29) is 18.0 Å². The molecule has 0 bridgehead atoms. The number of rotatable bonds is 8. The van der Waals surface area contributed by atoms with E-state index in [0.29, 0.717) is 22.5 Å². The Morgan fingerprint density at radius 3 is 2.71 bits per heavy atom. The van der Waals surface area contributed by atoms with E-state index in [4.69, 9.17) is 9.47 Å². The first-order chi connectivity index (χ1) is 13.3. The molecule has 148 valence electrons. The topological polar surface area (TPSA) is 136 Å². The van der Waals surface area contributed by atoms with Gasteiger partial charge in [0.25, 0.3) is 5.91 Å². The number of hydrogen-bond acceptors (Lipinski definition) is 7. The van der Waals surface area contributed by atoms with Crippen LogP contribution in [0, 0.1) is 24.0 Å². The molecule has 10 heteroatoms. The van der Waals surface area contributed by atoms with Crippen LogP contribution in [0.1, 0.15) is 34.2 Å². The fraction of sp³-hybridized carbons (Fsp3) is 0.278. The lowest BCUT2D eigenvalue weighted by atomic mass is 10.1. The number of H-pyrrole nitrogens is 1. The fourth-order valence-electron chi connectivity index (χ4n) is 2.49. The van der Waals surface area contributed by atoms with Crippen LogP contribution >= 0.6 is 0 Å². The summed E-state index contributed by atoms with van der Waals surface area (Å²) < 4.78 is 10.2. The number of aromatic amines is 1. The lowest BCUT2D eigenvalue weighted by Crippen LogP contribution is -2.24. The second kappa shape index (κ2) is 9.31. The highest BCUT2D eigenvalue weighted by Gasteiger charge is 2.18. The zero-order valence-corrected chi connectivity index (χ0v) is 15.6. The molecule has 0 aliphatic heterocycles. The van der Waals surface area contributed by atoms with Gasteiger partial charge in [0.15, 0.2) is 12.4 Å². The summed E-state index contributed by atoms with van der Waals surface area (Å²) >= 11 is 0. The molecule has 1 heterocycles. The highest BCUT2D eigenvalue weighted by Crippen LogP contribution is 2.25. The van der Waals surface area contributed by atoms with Gasteiger partial charge in [-0.15, -0.1) is 0 Å². The minimum absolute atomic E-state index is 0.0125. The Labute approximate surface area is 160 Å².